The number of hydrogen-bond acceptors (Lipinski definition) is 1. The number of fused-ring (bicyclic) bond motifs is 8. The lowest BCUT2D eigenvalue weighted by atomic mass is 9.72. The molecule has 2 aromatic rings. The summed E-state index contributed by atoms with van der Waals surface area (Å²) in [6, 6.07) is 17.9. The summed E-state index contributed by atoms with van der Waals surface area (Å²) in [6.07, 6.45) is 3.26. The fourth-order valence-corrected chi connectivity index (χ4v) is 4.71. The average molecular weight is 293 g/mol. The van der Waals surface area contributed by atoms with Crippen LogP contribution < -0.4 is 0 Å². The van der Waals surface area contributed by atoms with Crippen LogP contribution in [0.2, 0.25) is 0 Å². The van der Waals surface area contributed by atoms with Crippen molar-refractivity contribution in [2.45, 2.75) is 30.6 Å². The topological polar surface area (TPSA) is 23.1 Å². The van der Waals surface area contributed by atoms with Crippen molar-refractivity contribution in [1.82, 2.24) is 0 Å². The zero-order chi connectivity index (χ0) is 15.4. The predicted molar refractivity (Wildman–Crippen MR) is 89.7 cm³/mol. The minimum atomic E-state index is -0.192. The molecule has 2 aromatic carbocycles. The van der Waals surface area contributed by atoms with Gasteiger partial charge < -0.3 is 9.85 Å². The van der Waals surface area contributed by atoms with E-state index >= 15 is 0 Å². The first-order chi connectivity index (χ1) is 10.5. The molecule has 2 bridgehead atoms. The van der Waals surface area contributed by atoms with E-state index in [0.29, 0.717) is 12.5 Å². The Morgan fingerprint density at radius 2 is 1.55 bits per heavy atom. The molecule has 0 saturated heterocycles. The van der Waals surface area contributed by atoms with Crippen LogP contribution in [0.4, 0.5) is 0 Å². The SMILES string of the molecule is C[N+](C)([O-])CCCC12CC(c3ccccc31)c1ccccc12. The van der Waals surface area contributed by atoms with Crippen LogP contribution >= 0.6 is 0 Å². The zero-order valence-corrected chi connectivity index (χ0v) is 13.4. The predicted octanol–water partition coefficient (Wildman–Crippen LogP) is 4.18. The van der Waals surface area contributed by atoms with Crippen LogP contribution in [0.1, 0.15) is 47.4 Å². The molecule has 22 heavy (non-hydrogen) atoms. The second-order valence-corrected chi connectivity index (χ2v) is 7.41. The highest BCUT2D eigenvalue weighted by atomic mass is 16.5. The van der Waals surface area contributed by atoms with Crippen LogP contribution in [0, 0.1) is 5.21 Å². The van der Waals surface area contributed by atoms with Gasteiger partial charge in [-0.15, -0.1) is 0 Å². The van der Waals surface area contributed by atoms with Gasteiger partial charge in [0.25, 0.3) is 0 Å². The maximum absolute atomic E-state index is 11.9. The standard InChI is InChI=1S/C20H23NO/c1-21(2,22)13-7-12-20-14-17(15-8-3-5-10-18(15)20)16-9-4-6-11-19(16)20/h3-6,8-11,17H,7,12-14H2,1-2H3. The smallest absolute Gasteiger partial charge is 0.0780 e. The Morgan fingerprint density at radius 1 is 1.00 bits per heavy atom. The van der Waals surface area contributed by atoms with E-state index in [1.54, 1.807) is 14.1 Å². The third-order valence-corrected chi connectivity index (χ3v) is 5.56. The first-order valence-electron chi connectivity index (χ1n) is 8.24. The van der Waals surface area contributed by atoms with E-state index in [1.807, 2.05) is 0 Å². The van der Waals surface area contributed by atoms with Crippen molar-refractivity contribution in [3.05, 3.63) is 76.0 Å². The quantitative estimate of drug-likeness (QED) is 0.612. The van der Waals surface area contributed by atoms with E-state index in [0.717, 1.165) is 12.8 Å². The van der Waals surface area contributed by atoms with Gasteiger partial charge in [-0.25, -0.2) is 0 Å². The molecule has 0 aromatic heterocycles. The van der Waals surface area contributed by atoms with Gasteiger partial charge in [0.2, 0.25) is 0 Å². The van der Waals surface area contributed by atoms with Crippen molar-refractivity contribution in [3.63, 3.8) is 0 Å². The number of rotatable bonds is 4. The van der Waals surface area contributed by atoms with Gasteiger partial charge in [-0.3, -0.25) is 0 Å². The molecule has 2 heteroatoms. The van der Waals surface area contributed by atoms with Gasteiger partial charge in [-0.2, -0.15) is 0 Å². The highest BCUT2D eigenvalue weighted by molar-refractivity contribution is 5.62. The Morgan fingerprint density at radius 3 is 2.09 bits per heavy atom. The van der Waals surface area contributed by atoms with Gasteiger partial charge in [-0.1, -0.05) is 48.5 Å². The normalized spacial score (nSPS) is 25.1. The van der Waals surface area contributed by atoms with Crippen molar-refractivity contribution in [2.24, 2.45) is 0 Å². The maximum atomic E-state index is 11.9. The molecule has 0 N–H and O–H groups in total. The van der Waals surface area contributed by atoms with Gasteiger partial charge in [-0.05, 0) is 41.5 Å². The van der Waals surface area contributed by atoms with Crippen LogP contribution in [0.15, 0.2) is 48.5 Å². The van der Waals surface area contributed by atoms with E-state index in [1.165, 1.54) is 28.7 Å². The summed E-state index contributed by atoms with van der Waals surface area (Å²) in [4.78, 5) is 0. The number of nitrogens with zero attached hydrogens (tertiary/aromatic N) is 1. The average Bonchev–Trinajstić information content (AvgIpc) is 2.99. The molecule has 0 heterocycles. The molecule has 0 radical (unpaired) electrons. The van der Waals surface area contributed by atoms with Gasteiger partial charge in [0.15, 0.2) is 0 Å². The summed E-state index contributed by atoms with van der Waals surface area (Å²) in [5, 5.41) is 11.9. The summed E-state index contributed by atoms with van der Waals surface area (Å²) >= 11 is 0. The lowest BCUT2D eigenvalue weighted by Gasteiger charge is -2.36. The Balaban J connectivity index is 1.75. The van der Waals surface area contributed by atoms with Crippen molar-refractivity contribution in [1.29, 1.82) is 0 Å². The van der Waals surface area contributed by atoms with E-state index in [4.69, 9.17) is 0 Å². The number of hydrogen-bond donors (Lipinski definition) is 0. The molecular weight excluding hydrogens is 270 g/mol. The Labute approximate surface area is 132 Å². The first kappa shape index (κ1) is 14.0. The molecule has 114 valence electrons. The molecule has 0 fully saturated rings. The summed E-state index contributed by atoms with van der Waals surface area (Å²) in [6.45, 7) is 0.691. The zero-order valence-electron chi connectivity index (χ0n) is 13.4. The second-order valence-electron chi connectivity index (χ2n) is 7.41. The highest BCUT2D eigenvalue weighted by Crippen LogP contribution is 2.61. The van der Waals surface area contributed by atoms with Gasteiger partial charge in [0, 0.05) is 11.3 Å². The third-order valence-electron chi connectivity index (χ3n) is 5.56. The van der Waals surface area contributed by atoms with Crippen LogP contribution in [0.25, 0.3) is 0 Å². The highest BCUT2D eigenvalue weighted by Gasteiger charge is 2.51. The van der Waals surface area contributed by atoms with E-state index in [2.05, 4.69) is 48.5 Å². The molecule has 0 atom stereocenters. The molecule has 0 saturated carbocycles. The first-order valence-corrected chi connectivity index (χ1v) is 8.24. The molecule has 0 unspecified atom stereocenters. The Hall–Kier alpha value is -1.64. The summed E-state index contributed by atoms with van der Waals surface area (Å²) in [7, 11) is 3.48. The van der Waals surface area contributed by atoms with Crippen LogP contribution in [0.5, 0.6) is 0 Å². The minimum absolute atomic E-state index is 0.146. The van der Waals surface area contributed by atoms with Crippen molar-refractivity contribution in [2.75, 3.05) is 20.6 Å². The monoisotopic (exact) mass is 293 g/mol. The van der Waals surface area contributed by atoms with E-state index in [-0.39, 0.29) is 10.1 Å². The van der Waals surface area contributed by atoms with Crippen LogP contribution in [-0.4, -0.2) is 25.3 Å². The van der Waals surface area contributed by atoms with Crippen molar-refractivity contribution < 1.29 is 4.65 Å². The number of quaternary nitrogens is 1. The lowest BCUT2D eigenvalue weighted by molar-refractivity contribution is -0.840. The Kier molecular flexibility index (Phi) is 2.97. The molecule has 0 amide bonds. The molecular formula is C20H23NO. The molecule has 0 spiro atoms. The van der Waals surface area contributed by atoms with E-state index in [9.17, 15) is 5.21 Å². The molecule has 0 aliphatic heterocycles. The van der Waals surface area contributed by atoms with Crippen LogP contribution in [-0.2, 0) is 5.41 Å². The summed E-state index contributed by atoms with van der Waals surface area (Å²) in [5.41, 5.74) is 6.19. The molecule has 2 aliphatic rings. The van der Waals surface area contributed by atoms with E-state index < -0.39 is 0 Å². The Bertz CT molecular complexity index is 666. The number of benzene rings is 2. The second kappa shape index (κ2) is 4.68. The largest absolute Gasteiger partial charge is 0.633 e. The molecule has 2 aliphatic carbocycles. The third kappa shape index (κ3) is 1.94. The summed E-state index contributed by atoms with van der Waals surface area (Å²) in [5.74, 6) is 0.558. The fourth-order valence-electron chi connectivity index (χ4n) is 4.71. The van der Waals surface area contributed by atoms with Crippen molar-refractivity contribution in [3.8, 4) is 0 Å². The van der Waals surface area contributed by atoms with Gasteiger partial charge >= 0.3 is 0 Å². The lowest BCUT2D eigenvalue weighted by Crippen LogP contribution is -2.34. The van der Waals surface area contributed by atoms with Gasteiger partial charge in [0.05, 0.1) is 20.6 Å². The number of hydroxylamine groups is 3. The fraction of sp³-hybridized carbons (Fsp3) is 0.400. The molecule has 2 nitrogen and oxygen atoms in total. The van der Waals surface area contributed by atoms with Crippen LogP contribution in [0.3, 0.4) is 0 Å². The van der Waals surface area contributed by atoms with Crippen molar-refractivity contribution >= 4 is 0 Å². The summed E-state index contributed by atoms with van der Waals surface area (Å²) < 4.78 is -0.192. The van der Waals surface area contributed by atoms with Gasteiger partial charge in [0.1, 0.15) is 0 Å². The molecule has 4 rings (SSSR count). The minimum Gasteiger partial charge on any atom is -0.633 e. The maximum Gasteiger partial charge on any atom is 0.0780 e.